The molecule has 0 saturated carbocycles. The van der Waals surface area contributed by atoms with Crippen LogP contribution in [0.25, 0.3) is 11.0 Å². The topological polar surface area (TPSA) is 100 Å². The minimum atomic E-state index is -0.690. The lowest BCUT2D eigenvalue weighted by Gasteiger charge is -2.25. The molecule has 0 unspecified atom stereocenters. The Bertz CT molecular complexity index is 1140. The number of phenols is 1. The summed E-state index contributed by atoms with van der Waals surface area (Å²) in [6.45, 7) is 2.33. The van der Waals surface area contributed by atoms with Crippen molar-refractivity contribution in [2.75, 3.05) is 19.8 Å². The number of hydrogen-bond acceptors (Lipinski definition) is 6. The predicted molar refractivity (Wildman–Crippen MR) is 106 cm³/mol. The molecule has 29 heavy (non-hydrogen) atoms. The number of aromatic hydroxyl groups is 1. The van der Waals surface area contributed by atoms with E-state index in [1.165, 1.54) is 11.0 Å². The molecule has 2 aromatic carbocycles. The predicted octanol–water partition coefficient (Wildman–Crippen LogP) is 2.82. The van der Waals surface area contributed by atoms with Gasteiger partial charge in [-0.1, -0.05) is 18.2 Å². The van der Waals surface area contributed by atoms with Gasteiger partial charge < -0.3 is 24.3 Å². The van der Waals surface area contributed by atoms with E-state index in [-0.39, 0.29) is 41.4 Å². The van der Waals surface area contributed by atoms with Crippen LogP contribution in [0.2, 0.25) is 0 Å². The molecule has 7 nitrogen and oxygen atoms in total. The number of rotatable bonds is 6. The van der Waals surface area contributed by atoms with Gasteiger partial charge in [-0.15, -0.1) is 0 Å². The summed E-state index contributed by atoms with van der Waals surface area (Å²) < 4.78 is 11.3. The molecule has 0 bridgehead atoms. The van der Waals surface area contributed by atoms with Crippen molar-refractivity contribution < 1.29 is 24.2 Å². The van der Waals surface area contributed by atoms with E-state index in [1.807, 2.05) is 0 Å². The van der Waals surface area contributed by atoms with Crippen molar-refractivity contribution >= 4 is 16.9 Å². The number of amides is 1. The maximum Gasteiger partial charge on any atom is 0.290 e. The summed E-state index contributed by atoms with van der Waals surface area (Å²) in [7, 11) is 0. The normalized spacial score (nSPS) is 15.7. The number of fused-ring (bicyclic) bond motifs is 2. The first-order valence-electron chi connectivity index (χ1n) is 9.50. The summed E-state index contributed by atoms with van der Waals surface area (Å²) in [6, 6.07) is 10.9. The minimum absolute atomic E-state index is 0.0164. The molecule has 2 N–H and O–H groups in total. The first kappa shape index (κ1) is 19.0. The van der Waals surface area contributed by atoms with Gasteiger partial charge in [0.1, 0.15) is 5.58 Å². The summed E-state index contributed by atoms with van der Waals surface area (Å²) >= 11 is 0. The molecule has 7 heteroatoms. The van der Waals surface area contributed by atoms with Crippen LogP contribution in [0.15, 0.2) is 51.7 Å². The second kappa shape index (κ2) is 7.60. The minimum Gasteiger partial charge on any atom is -0.504 e. The van der Waals surface area contributed by atoms with E-state index in [4.69, 9.17) is 9.15 Å². The largest absolute Gasteiger partial charge is 0.504 e. The molecule has 3 aromatic rings. The Balaban J connectivity index is 1.94. The summed E-state index contributed by atoms with van der Waals surface area (Å²) in [5, 5.41) is 19.7. The lowest BCUT2D eigenvalue weighted by atomic mass is 9.98. The Morgan fingerprint density at radius 3 is 2.72 bits per heavy atom. The summed E-state index contributed by atoms with van der Waals surface area (Å²) in [5.41, 5.74) is 0.976. The fourth-order valence-corrected chi connectivity index (χ4v) is 3.76. The number of phenolic OH excluding ortho intramolecular Hbond substituents is 1. The van der Waals surface area contributed by atoms with Crippen LogP contribution < -0.4 is 10.2 Å². The first-order chi connectivity index (χ1) is 14.1. The third-order valence-corrected chi connectivity index (χ3v) is 5.03. The number of carbonyl (C=O) groups is 1. The van der Waals surface area contributed by atoms with Gasteiger partial charge in [-0.2, -0.15) is 0 Å². The molecular weight excluding hydrogens is 374 g/mol. The third kappa shape index (κ3) is 3.13. The number of aliphatic hydroxyl groups excluding tert-OH is 1. The molecule has 0 fully saturated rings. The highest BCUT2D eigenvalue weighted by molar-refractivity contribution is 5.99. The van der Waals surface area contributed by atoms with Gasteiger partial charge in [-0.25, -0.2) is 0 Å². The lowest BCUT2D eigenvalue weighted by molar-refractivity contribution is 0.0716. The monoisotopic (exact) mass is 395 g/mol. The number of nitrogens with zero attached hydrogens (tertiary/aromatic N) is 1. The average Bonchev–Trinajstić information content (AvgIpc) is 3.00. The highest BCUT2D eigenvalue weighted by Gasteiger charge is 2.42. The van der Waals surface area contributed by atoms with E-state index >= 15 is 0 Å². The number of hydrogen-bond donors (Lipinski definition) is 2. The SMILES string of the molecule is CCOc1cc([C@H]2c3c(oc4ccccc4c3=O)C(=O)N2CCCO)ccc1O. The first-order valence-corrected chi connectivity index (χ1v) is 9.50. The fraction of sp³-hybridized carbons (Fsp3) is 0.273. The van der Waals surface area contributed by atoms with Crippen molar-refractivity contribution in [3.05, 3.63) is 69.6 Å². The zero-order chi connectivity index (χ0) is 20.5. The van der Waals surface area contributed by atoms with Crippen LogP contribution in [-0.4, -0.2) is 40.8 Å². The zero-order valence-corrected chi connectivity index (χ0v) is 15.9. The molecule has 150 valence electrons. The number of ether oxygens (including phenoxy) is 1. The highest BCUT2D eigenvalue weighted by atomic mass is 16.5. The Morgan fingerprint density at radius 2 is 1.97 bits per heavy atom. The number of aliphatic hydroxyl groups is 1. The third-order valence-electron chi connectivity index (χ3n) is 5.03. The number of para-hydroxylation sites is 1. The molecule has 1 aliphatic heterocycles. The molecule has 1 amide bonds. The molecule has 1 aliphatic rings. The molecule has 0 saturated heterocycles. The van der Waals surface area contributed by atoms with E-state index in [1.54, 1.807) is 43.3 Å². The van der Waals surface area contributed by atoms with Crippen LogP contribution in [0.4, 0.5) is 0 Å². The van der Waals surface area contributed by atoms with Gasteiger partial charge in [-0.05, 0) is 43.2 Å². The Hall–Kier alpha value is -3.32. The summed E-state index contributed by atoms with van der Waals surface area (Å²) in [4.78, 5) is 27.9. The van der Waals surface area contributed by atoms with Crippen molar-refractivity contribution in [2.24, 2.45) is 0 Å². The smallest absolute Gasteiger partial charge is 0.290 e. The van der Waals surface area contributed by atoms with E-state index in [2.05, 4.69) is 0 Å². The quantitative estimate of drug-likeness (QED) is 0.666. The molecule has 2 heterocycles. The molecule has 0 aliphatic carbocycles. The van der Waals surface area contributed by atoms with Crippen LogP contribution in [0.1, 0.15) is 41.1 Å². The lowest BCUT2D eigenvalue weighted by Crippen LogP contribution is -2.31. The van der Waals surface area contributed by atoms with Gasteiger partial charge in [0.2, 0.25) is 5.76 Å². The van der Waals surface area contributed by atoms with Gasteiger partial charge in [0, 0.05) is 13.2 Å². The summed E-state index contributed by atoms with van der Waals surface area (Å²) in [6.07, 6.45) is 0.361. The maximum atomic E-state index is 13.3. The molecular formula is C22H21NO6. The Kier molecular flexibility index (Phi) is 4.98. The van der Waals surface area contributed by atoms with Crippen molar-refractivity contribution in [3.8, 4) is 11.5 Å². The molecule has 1 aromatic heterocycles. The van der Waals surface area contributed by atoms with Gasteiger partial charge in [-0.3, -0.25) is 9.59 Å². The standard InChI is InChI=1S/C22H21NO6/c1-2-28-17-12-13(8-9-15(17)25)19-18-20(26)14-6-3-4-7-16(14)29-21(18)22(27)23(19)10-5-11-24/h3-4,6-9,12,19,24-25H,2,5,10-11H2,1H3/t19-/m0/s1. The van der Waals surface area contributed by atoms with Crippen LogP contribution in [-0.2, 0) is 0 Å². The van der Waals surface area contributed by atoms with Gasteiger partial charge in [0.25, 0.3) is 5.91 Å². The van der Waals surface area contributed by atoms with E-state index in [0.717, 1.165) is 0 Å². The van der Waals surface area contributed by atoms with Gasteiger partial charge >= 0.3 is 0 Å². The molecule has 1 atom stereocenters. The van der Waals surface area contributed by atoms with E-state index in [0.29, 0.717) is 29.6 Å². The molecule has 4 rings (SSSR count). The van der Waals surface area contributed by atoms with Crippen molar-refractivity contribution in [1.82, 2.24) is 4.90 Å². The van der Waals surface area contributed by atoms with Crippen molar-refractivity contribution in [1.29, 1.82) is 0 Å². The second-order valence-electron chi connectivity index (χ2n) is 6.81. The highest BCUT2D eigenvalue weighted by Crippen LogP contribution is 2.40. The van der Waals surface area contributed by atoms with Crippen LogP contribution in [0.3, 0.4) is 0 Å². The van der Waals surface area contributed by atoms with Crippen LogP contribution in [0.5, 0.6) is 11.5 Å². The van der Waals surface area contributed by atoms with Crippen LogP contribution >= 0.6 is 0 Å². The second-order valence-corrected chi connectivity index (χ2v) is 6.81. The molecule has 0 radical (unpaired) electrons. The fourth-order valence-electron chi connectivity index (χ4n) is 3.76. The summed E-state index contributed by atoms with van der Waals surface area (Å²) in [5.74, 6) is -0.124. The molecule has 0 spiro atoms. The average molecular weight is 395 g/mol. The zero-order valence-electron chi connectivity index (χ0n) is 15.9. The number of benzene rings is 2. The van der Waals surface area contributed by atoms with Crippen LogP contribution in [0, 0.1) is 0 Å². The Labute approximate surface area is 166 Å². The van der Waals surface area contributed by atoms with Gasteiger partial charge in [0.05, 0.1) is 23.6 Å². The number of carbonyl (C=O) groups excluding carboxylic acids is 1. The van der Waals surface area contributed by atoms with Gasteiger partial charge in [0.15, 0.2) is 16.9 Å². The Morgan fingerprint density at radius 1 is 1.17 bits per heavy atom. The maximum absolute atomic E-state index is 13.3. The van der Waals surface area contributed by atoms with E-state index in [9.17, 15) is 19.8 Å². The van der Waals surface area contributed by atoms with Crippen molar-refractivity contribution in [3.63, 3.8) is 0 Å². The van der Waals surface area contributed by atoms with E-state index < -0.39 is 11.9 Å². The van der Waals surface area contributed by atoms with Crippen molar-refractivity contribution in [2.45, 2.75) is 19.4 Å².